The molecule has 0 unspecified atom stereocenters. The summed E-state index contributed by atoms with van der Waals surface area (Å²) < 4.78 is 0. The second-order valence-electron chi connectivity index (χ2n) is 9.61. The molecule has 0 atom stereocenters. The number of nitro benzene ring substituents is 1. The fourth-order valence-electron chi connectivity index (χ4n) is 4.62. The van der Waals surface area contributed by atoms with Gasteiger partial charge in [-0.05, 0) is 28.3 Å². The molecule has 0 amide bonds. The third-order valence-electron chi connectivity index (χ3n) is 6.76. The summed E-state index contributed by atoms with van der Waals surface area (Å²) in [6, 6.07) is 33.9. The van der Waals surface area contributed by atoms with E-state index in [4.69, 9.17) is 0 Å². The molecule has 34 heavy (non-hydrogen) atoms. The van der Waals surface area contributed by atoms with Crippen molar-refractivity contribution in [3.05, 3.63) is 135 Å². The Balaban J connectivity index is 1.97. The van der Waals surface area contributed by atoms with Gasteiger partial charge in [0.05, 0.1) is 4.92 Å². The second-order valence-corrected chi connectivity index (χ2v) is 9.61. The quantitative estimate of drug-likeness (QED) is 0.229. The Bertz CT molecular complexity index is 1230. The number of anilines is 2. The monoisotopic (exact) mass is 450 g/mol. The van der Waals surface area contributed by atoms with Gasteiger partial charge in [0.1, 0.15) is 5.69 Å². The van der Waals surface area contributed by atoms with Gasteiger partial charge in [0.2, 0.25) is 0 Å². The predicted octanol–water partition coefficient (Wildman–Crippen LogP) is 7.99. The Morgan fingerprint density at radius 3 is 1.53 bits per heavy atom. The standard InChI is InChI=1S/C30H30N2O2/c1-29(2,22-14-7-5-8-15-22)24-18-13-19-25(30(3,4)23-16-9-6-10-17-23)28(24)31-26-20-11-12-21-27(26)32(33)34/h5-21,31H,1-4H3. The van der Waals surface area contributed by atoms with Crippen molar-refractivity contribution < 1.29 is 4.92 Å². The van der Waals surface area contributed by atoms with E-state index in [1.165, 1.54) is 17.2 Å². The van der Waals surface area contributed by atoms with Crippen LogP contribution in [0.5, 0.6) is 0 Å². The van der Waals surface area contributed by atoms with E-state index in [2.05, 4.69) is 75.5 Å². The van der Waals surface area contributed by atoms with Crippen LogP contribution in [0.4, 0.5) is 17.1 Å². The van der Waals surface area contributed by atoms with Crippen molar-refractivity contribution in [2.45, 2.75) is 38.5 Å². The fourth-order valence-corrected chi connectivity index (χ4v) is 4.62. The van der Waals surface area contributed by atoms with Crippen molar-refractivity contribution in [1.82, 2.24) is 0 Å². The normalized spacial score (nSPS) is 11.8. The lowest BCUT2D eigenvalue weighted by Crippen LogP contribution is -2.25. The van der Waals surface area contributed by atoms with Crippen LogP contribution in [-0.4, -0.2) is 4.92 Å². The second kappa shape index (κ2) is 9.14. The van der Waals surface area contributed by atoms with Crippen LogP contribution in [0.25, 0.3) is 0 Å². The molecule has 0 aromatic heterocycles. The first-order valence-corrected chi connectivity index (χ1v) is 11.5. The van der Waals surface area contributed by atoms with Crippen LogP contribution in [0.3, 0.4) is 0 Å². The summed E-state index contributed by atoms with van der Waals surface area (Å²) in [6.45, 7) is 8.78. The van der Waals surface area contributed by atoms with Gasteiger partial charge in [-0.2, -0.15) is 0 Å². The lowest BCUT2D eigenvalue weighted by Gasteiger charge is -2.34. The molecule has 0 spiro atoms. The molecule has 0 aliphatic rings. The summed E-state index contributed by atoms with van der Waals surface area (Å²) in [5.74, 6) is 0. The molecule has 4 rings (SSSR count). The largest absolute Gasteiger partial charge is 0.349 e. The van der Waals surface area contributed by atoms with Crippen LogP contribution in [0.1, 0.15) is 49.9 Å². The van der Waals surface area contributed by atoms with Crippen LogP contribution in [-0.2, 0) is 10.8 Å². The number of nitro groups is 1. The Kier molecular flexibility index (Phi) is 6.25. The minimum Gasteiger partial charge on any atom is -0.349 e. The van der Waals surface area contributed by atoms with Crippen molar-refractivity contribution in [3.63, 3.8) is 0 Å². The Morgan fingerprint density at radius 2 is 1.06 bits per heavy atom. The van der Waals surface area contributed by atoms with Gasteiger partial charge >= 0.3 is 0 Å². The molecule has 1 N–H and O–H groups in total. The van der Waals surface area contributed by atoms with Crippen LogP contribution >= 0.6 is 0 Å². The Labute approximate surface area is 201 Å². The van der Waals surface area contributed by atoms with E-state index in [0.717, 1.165) is 16.8 Å². The summed E-state index contributed by atoms with van der Waals surface area (Å²) in [6.07, 6.45) is 0. The van der Waals surface area contributed by atoms with E-state index in [1.807, 2.05) is 42.5 Å². The topological polar surface area (TPSA) is 55.2 Å². The van der Waals surface area contributed by atoms with Crippen molar-refractivity contribution in [2.75, 3.05) is 5.32 Å². The smallest absolute Gasteiger partial charge is 0.292 e. The number of hydrogen-bond acceptors (Lipinski definition) is 3. The first-order valence-electron chi connectivity index (χ1n) is 11.5. The van der Waals surface area contributed by atoms with E-state index in [1.54, 1.807) is 12.1 Å². The van der Waals surface area contributed by atoms with E-state index < -0.39 is 0 Å². The molecule has 4 nitrogen and oxygen atoms in total. The third-order valence-corrected chi connectivity index (χ3v) is 6.76. The summed E-state index contributed by atoms with van der Waals surface area (Å²) in [5, 5.41) is 15.3. The molecule has 4 aromatic carbocycles. The highest BCUT2D eigenvalue weighted by atomic mass is 16.6. The molecule has 4 aromatic rings. The number of benzene rings is 4. The van der Waals surface area contributed by atoms with Crippen LogP contribution < -0.4 is 5.32 Å². The van der Waals surface area contributed by atoms with Gasteiger partial charge in [-0.15, -0.1) is 0 Å². The highest BCUT2D eigenvalue weighted by molar-refractivity contribution is 5.76. The van der Waals surface area contributed by atoms with Crippen LogP contribution in [0.15, 0.2) is 103 Å². The molecule has 4 heteroatoms. The average molecular weight is 451 g/mol. The molecule has 0 heterocycles. The van der Waals surface area contributed by atoms with Crippen molar-refractivity contribution in [3.8, 4) is 0 Å². The molecule has 0 aliphatic heterocycles. The molecule has 0 fully saturated rings. The van der Waals surface area contributed by atoms with Crippen LogP contribution in [0.2, 0.25) is 0 Å². The predicted molar refractivity (Wildman–Crippen MR) is 140 cm³/mol. The zero-order chi connectivity index (χ0) is 24.3. The maximum Gasteiger partial charge on any atom is 0.292 e. The summed E-state index contributed by atoms with van der Waals surface area (Å²) in [5.41, 5.74) is 5.28. The van der Waals surface area contributed by atoms with Crippen molar-refractivity contribution in [1.29, 1.82) is 0 Å². The highest BCUT2D eigenvalue weighted by Gasteiger charge is 2.33. The zero-order valence-corrected chi connectivity index (χ0v) is 20.1. The lowest BCUT2D eigenvalue weighted by atomic mass is 9.72. The van der Waals surface area contributed by atoms with Gasteiger partial charge in [-0.3, -0.25) is 10.1 Å². The molecule has 0 aliphatic carbocycles. The van der Waals surface area contributed by atoms with E-state index in [9.17, 15) is 10.1 Å². The van der Waals surface area contributed by atoms with Crippen molar-refractivity contribution >= 4 is 17.1 Å². The minimum absolute atomic E-state index is 0.0540. The number of nitrogens with zero attached hydrogens (tertiary/aromatic N) is 1. The van der Waals surface area contributed by atoms with Gasteiger partial charge in [0.25, 0.3) is 5.69 Å². The molecular formula is C30H30N2O2. The number of rotatable bonds is 7. The highest BCUT2D eigenvalue weighted by Crippen LogP contribution is 2.45. The van der Waals surface area contributed by atoms with E-state index in [0.29, 0.717) is 5.69 Å². The first kappa shape index (κ1) is 23.2. The van der Waals surface area contributed by atoms with Crippen LogP contribution in [0, 0.1) is 10.1 Å². The molecular weight excluding hydrogens is 420 g/mol. The van der Waals surface area contributed by atoms with E-state index >= 15 is 0 Å². The fraction of sp³-hybridized carbons (Fsp3) is 0.200. The Morgan fingerprint density at radius 1 is 0.618 bits per heavy atom. The van der Waals surface area contributed by atoms with Gasteiger partial charge < -0.3 is 5.32 Å². The lowest BCUT2D eigenvalue weighted by molar-refractivity contribution is -0.383. The summed E-state index contributed by atoms with van der Waals surface area (Å²) >= 11 is 0. The van der Waals surface area contributed by atoms with Gasteiger partial charge in [-0.1, -0.05) is 119 Å². The molecule has 0 bridgehead atoms. The molecule has 172 valence electrons. The SMILES string of the molecule is CC(C)(c1ccccc1)c1cccc(C(C)(C)c2ccccc2)c1Nc1ccccc1[N+](=O)[O-]. The number of para-hydroxylation sites is 3. The molecule has 0 radical (unpaired) electrons. The van der Waals surface area contributed by atoms with Gasteiger partial charge in [0.15, 0.2) is 0 Å². The number of nitrogens with one attached hydrogen (secondary N) is 1. The van der Waals surface area contributed by atoms with E-state index in [-0.39, 0.29) is 21.4 Å². The maximum atomic E-state index is 11.8. The first-order chi connectivity index (χ1) is 16.2. The number of hydrogen-bond donors (Lipinski definition) is 1. The van der Waals surface area contributed by atoms with Gasteiger partial charge in [-0.25, -0.2) is 0 Å². The third kappa shape index (κ3) is 4.32. The van der Waals surface area contributed by atoms with Gasteiger partial charge in [0, 0.05) is 22.6 Å². The average Bonchev–Trinajstić information content (AvgIpc) is 2.85. The zero-order valence-electron chi connectivity index (χ0n) is 20.1. The minimum atomic E-state index is -0.338. The Hall–Kier alpha value is -3.92. The summed E-state index contributed by atoms with van der Waals surface area (Å²) in [7, 11) is 0. The molecule has 0 saturated heterocycles. The molecule has 0 saturated carbocycles. The maximum absolute atomic E-state index is 11.8. The summed E-state index contributed by atoms with van der Waals surface area (Å²) in [4.78, 5) is 11.4. The van der Waals surface area contributed by atoms with Crippen molar-refractivity contribution in [2.24, 2.45) is 0 Å².